The fraction of sp³-hybridized carbons (Fsp3) is 0.500. The van der Waals surface area contributed by atoms with E-state index < -0.39 is 0 Å². The third kappa shape index (κ3) is 2.03. The van der Waals surface area contributed by atoms with Gasteiger partial charge in [0.05, 0.1) is 11.1 Å². The maximum atomic E-state index is 13.2. The lowest BCUT2D eigenvalue weighted by Crippen LogP contribution is -2.39. The molecule has 1 aliphatic carbocycles. The Hall–Kier alpha value is -1.03. The molecule has 3 rings (SSSR count). The Morgan fingerprint density at radius 2 is 2.00 bits per heavy atom. The molecule has 1 amide bonds. The molecule has 0 atom stereocenters. The molecule has 0 unspecified atom stereocenters. The summed E-state index contributed by atoms with van der Waals surface area (Å²) in [5.74, 6) is 0.602. The van der Waals surface area contributed by atoms with Crippen LogP contribution >= 0.6 is 11.8 Å². The summed E-state index contributed by atoms with van der Waals surface area (Å²) in [5, 5.41) is 2.92. The zero-order valence-corrected chi connectivity index (χ0v) is 11.0. The van der Waals surface area contributed by atoms with E-state index in [0.717, 1.165) is 36.3 Å². The lowest BCUT2D eigenvalue weighted by molar-refractivity contribution is -0.126. The summed E-state index contributed by atoms with van der Waals surface area (Å²) in [4.78, 5) is 13.4. The van der Waals surface area contributed by atoms with E-state index in [0.29, 0.717) is 5.69 Å². The summed E-state index contributed by atoms with van der Waals surface area (Å²) in [6.07, 6.45) is 5.39. The van der Waals surface area contributed by atoms with E-state index in [9.17, 15) is 9.18 Å². The predicted molar refractivity (Wildman–Crippen MR) is 71.3 cm³/mol. The highest BCUT2D eigenvalue weighted by Gasteiger charge is 2.41. The standard InChI is InChI=1S/C14H16FNOS/c15-10-4-5-12-11(8-10)16-13(17)14(9-18-12)6-2-1-3-7-14/h4-5,8H,1-3,6-7,9H2,(H,16,17). The quantitative estimate of drug-likeness (QED) is 0.772. The topological polar surface area (TPSA) is 29.1 Å². The highest BCUT2D eigenvalue weighted by molar-refractivity contribution is 7.99. The molecule has 0 radical (unpaired) electrons. The molecule has 18 heavy (non-hydrogen) atoms. The largest absolute Gasteiger partial charge is 0.324 e. The number of hydrogen-bond acceptors (Lipinski definition) is 2. The van der Waals surface area contributed by atoms with Crippen LogP contribution in [-0.4, -0.2) is 11.7 Å². The van der Waals surface area contributed by atoms with Crippen LogP contribution in [0.4, 0.5) is 10.1 Å². The molecular weight excluding hydrogens is 249 g/mol. The van der Waals surface area contributed by atoms with Crippen molar-refractivity contribution in [2.24, 2.45) is 5.41 Å². The molecule has 0 bridgehead atoms. The SMILES string of the molecule is O=C1Nc2cc(F)ccc2SCC12CCCCC2. The van der Waals surface area contributed by atoms with Crippen molar-refractivity contribution in [2.75, 3.05) is 11.1 Å². The molecule has 1 aromatic carbocycles. The second-order valence-corrected chi connectivity index (χ2v) is 6.24. The number of carbonyl (C=O) groups is 1. The summed E-state index contributed by atoms with van der Waals surface area (Å²) >= 11 is 1.68. The van der Waals surface area contributed by atoms with E-state index in [4.69, 9.17) is 0 Å². The summed E-state index contributed by atoms with van der Waals surface area (Å²) < 4.78 is 13.2. The van der Waals surface area contributed by atoms with Gasteiger partial charge in [-0.1, -0.05) is 19.3 Å². The highest BCUT2D eigenvalue weighted by atomic mass is 32.2. The van der Waals surface area contributed by atoms with Crippen molar-refractivity contribution in [3.05, 3.63) is 24.0 Å². The smallest absolute Gasteiger partial charge is 0.231 e. The van der Waals surface area contributed by atoms with Gasteiger partial charge in [0, 0.05) is 10.6 Å². The Morgan fingerprint density at radius 1 is 1.22 bits per heavy atom. The van der Waals surface area contributed by atoms with Gasteiger partial charge in [-0.2, -0.15) is 0 Å². The minimum Gasteiger partial charge on any atom is -0.324 e. The van der Waals surface area contributed by atoms with Crippen LogP contribution in [0.5, 0.6) is 0 Å². The Kier molecular flexibility index (Phi) is 3.06. The molecule has 0 aromatic heterocycles. The van der Waals surface area contributed by atoms with E-state index in [1.165, 1.54) is 18.6 Å². The first-order chi connectivity index (χ1) is 8.70. The van der Waals surface area contributed by atoms with E-state index in [2.05, 4.69) is 5.32 Å². The van der Waals surface area contributed by atoms with E-state index in [1.807, 2.05) is 0 Å². The molecule has 1 spiro atoms. The van der Waals surface area contributed by atoms with Crippen molar-refractivity contribution in [2.45, 2.75) is 37.0 Å². The zero-order valence-electron chi connectivity index (χ0n) is 10.2. The summed E-state index contributed by atoms with van der Waals surface area (Å²) in [6, 6.07) is 4.64. The molecule has 2 nitrogen and oxygen atoms in total. The van der Waals surface area contributed by atoms with E-state index in [-0.39, 0.29) is 17.1 Å². The number of carbonyl (C=O) groups excluding carboxylic acids is 1. The highest BCUT2D eigenvalue weighted by Crippen LogP contribution is 2.45. The van der Waals surface area contributed by atoms with Crippen LogP contribution in [0.15, 0.2) is 23.1 Å². The van der Waals surface area contributed by atoms with Crippen molar-refractivity contribution < 1.29 is 9.18 Å². The van der Waals surface area contributed by atoms with Gasteiger partial charge in [0.25, 0.3) is 0 Å². The second-order valence-electron chi connectivity index (χ2n) is 5.22. The van der Waals surface area contributed by atoms with Crippen molar-refractivity contribution in [3.8, 4) is 0 Å². The maximum Gasteiger partial charge on any atom is 0.231 e. The van der Waals surface area contributed by atoms with E-state index >= 15 is 0 Å². The molecule has 1 heterocycles. The lowest BCUT2D eigenvalue weighted by Gasteiger charge is -2.33. The van der Waals surface area contributed by atoms with Gasteiger partial charge in [-0.05, 0) is 31.0 Å². The number of anilines is 1. The molecular formula is C14H16FNOS. The predicted octanol–water partition coefficient (Wildman–Crippen LogP) is 3.82. The van der Waals surface area contributed by atoms with Gasteiger partial charge in [-0.3, -0.25) is 4.79 Å². The van der Waals surface area contributed by atoms with E-state index in [1.54, 1.807) is 17.8 Å². The Balaban J connectivity index is 1.92. The second kappa shape index (κ2) is 4.57. The first-order valence-electron chi connectivity index (χ1n) is 6.43. The average Bonchev–Trinajstić information content (AvgIpc) is 2.50. The molecule has 2 aliphatic rings. The Bertz CT molecular complexity index is 483. The number of benzene rings is 1. The zero-order chi connectivity index (χ0) is 12.6. The van der Waals surface area contributed by atoms with Crippen LogP contribution in [0.2, 0.25) is 0 Å². The molecule has 1 N–H and O–H groups in total. The summed E-state index contributed by atoms with van der Waals surface area (Å²) in [6.45, 7) is 0. The normalized spacial score (nSPS) is 22.2. The number of fused-ring (bicyclic) bond motifs is 1. The Labute approximate surface area is 110 Å². The number of hydrogen-bond donors (Lipinski definition) is 1. The minimum absolute atomic E-state index is 0.0825. The number of amides is 1. The van der Waals surface area contributed by atoms with Crippen molar-refractivity contribution in [3.63, 3.8) is 0 Å². The number of halogens is 1. The van der Waals surface area contributed by atoms with Gasteiger partial charge in [-0.25, -0.2) is 4.39 Å². The number of nitrogens with one attached hydrogen (secondary N) is 1. The van der Waals surface area contributed by atoms with Crippen molar-refractivity contribution in [1.82, 2.24) is 0 Å². The number of thioether (sulfide) groups is 1. The fourth-order valence-corrected chi connectivity index (χ4v) is 4.14. The van der Waals surface area contributed by atoms with Gasteiger partial charge in [-0.15, -0.1) is 11.8 Å². The lowest BCUT2D eigenvalue weighted by atomic mass is 9.75. The molecule has 1 aliphatic heterocycles. The van der Waals surface area contributed by atoms with Gasteiger partial charge < -0.3 is 5.32 Å². The molecule has 1 saturated carbocycles. The third-order valence-corrected chi connectivity index (χ3v) is 5.35. The third-order valence-electron chi connectivity index (χ3n) is 3.99. The van der Waals surface area contributed by atoms with Crippen LogP contribution in [0.25, 0.3) is 0 Å². The van der Waals surface area contributed by atoms with Crippen LogP contribution in [0.1, 0.15) is 32.1 Å². The summed E-state index contributed by atoms with van der Waals surface area (Å²) in [5.41, 5.74) is 0.394. The van der Waals surface area contributed by atoms with Crippen LogP contribution in [0, 0.1) is 11.2 Å². The summed E-state index contributed by atoms with van der Waals surface area (Å²) in [7, 11) is 0. The Morgan fingerprint density at radius 3 is 2.78 bits per heavy atom. The number of rotatable bonds is 0. The van der Waals surface area contributed by atoms with Gasteiger partial charge in [0.2, 0.25) is 5.91 Å². The monoisotopic (exact) mass is 265 g/mol. The molecule has 4 heteroatoms. The van der Waals surface area contributed by atoms with Crippen molar-refractivity contribution >= 4 is 23.4 Å². The molecule has 96 valence electrons. The molecule has 0 saturated heterocycles. The average molecular weight is 265 g/mol. The maximum absolute atomic E-state index is 13.2. The minimum atomic E-state index is -0.297. The van der Waals surface area contributed by atoms with Gasteiger partial charge in [0.15, 0.2) is 0 Å². The first-order valence-corrected chi connectivity index (χ1v) is 7.42. The van der Waals surface area contributed by atoms with Gasteiger partial charge >= 0.3 is 0 Å². The molecule has 1 fully saturated rings. The fourth-order valence-electron chi connectivity index (χ4n) is 2.86. The first kappa shape index (κ1) is 12.0. The molecule has 1 aromatic rings. The van der Waals surface area contributed by atoms with Crippen LogP contribution in [0.3, 0.4) is 0 Å². The van der Waals surface area contributed by atoms with Gasteiger partial charge in [0.1, 0.15) is 5.82 Å². The van der Waals surface area contributed by atoms with Crippen molar-refractivity contribution in [1.29, 1.82) is 0 Å². The van der Waals surface area contributed by atoms with Crippen LogP contribution < -0.4 is 5.32 Å². The van der Waals surface area contributed by atoms with Crippen LogP contribution in [-0.2, 0) is 4.79 Å².